The Morgan fingerprint density at radius 1 is 1.20 bits per heavy atom. The summed E-state index contributed by atoms with van der Waals surface area (Å²) >= 11 is 0. The van der Waals surface area contributed by atoms with Crippen molar-refractivity contribution >= 4 is 17.8 Å². The van der Waals surface area contributed by atoms with Crippen LogP contribution in [0.15, 0.2) is 35.3 Å². The van der Waals surface area contributed by atoms with Crippen LogP contribution in [-0.2, 0) is 20.7 Å². The number of carbonyl (C=O) groups excluding carboxylic acids is 2. The predicted octanol–water partition coefficient (Wildman–Crippen LogP) is 2.37. The molecular formula is C23H36N4O3. The summed E-state index contributed by atoms with van der Waals surface area (Å²) in [6.45, 7) is 5.83. The molecule has 0 bridgehead atoms. The van der Waals surface area contributed by atoms with Crippen molar-refractivity contribution in [3.8, 4) is 0 Å². The van der Waals surface area contributed by atoms with Crippen molar-refractivity contribution in [3.63, 3.8) is 0 Å². The van der Waals surface area contributed by atoms with Gasteiger partial charge < -0.3 is 20.3 Å². The molecule has 1 atom stereocenters. The first-order valence-electron chi connectivity index (χ1n) is 11.0. The van der Waals surface area contributed by atoms with Gasteiger partial charge in [-0.25, -0.2) is 0 Å². The number of likely N-dealkylation sites (tertiary alicyclic amines) is 1. The normalized spacial score (nSPS) is 16.6. The van der Waals surface area contributed by atoms with Crippen LogP contribution in [0.25, 0.3) is 0 Å². The number of nitrogens with zero attached hydrogens (tertiary/aromatic N) is 2. The third kappa shape index (κ3) is 8.84. The van der Waals surface area contributed by atoms with Gasteiger partial charge in [-0.3, -0.25) is 14.6 Å². The fourth-order valence-corrected chi connectivity index (χ4v) is 3.54. The van der Waals surface area contributed by atoms with Gasteiger partial charge in [0.1, 0.15) is 0 Å². The number of benzene rings is 1. The van der Waals surface area contributed by atoms with Gasteiger partial charge in [0.05, 0.1) is 7.11 Å². The van der Waals surface area contributed by atoms with E-state index in [0.717, 1.165) is 57.8 Å². The average Bonchev–Trinajstić information content (AvgIpc) is 3.12. The Bertz CT molecular complexity index is 678. The Labute approximate surface area is 180 Å². The number of carbonyl (C=O) groups is 2. The van der Waals surface area contributed by atoms with Crippen molar-refractivity contribution in [1.29, 1.82) is 0 Å². The molecule has 166 valence electrons. The number of ether oxygens (including phenoxy) is 1. The van der Waals surface area contributed by atoms with Crippen LogP contribution in [0.2, 0.25) is 0 Å². The zero-order chi connectivity index (χ0) is 21.6. The lowest BCUT2D eigenvalue weighted by Gasteiger charge is -2.16. The van der Waals surface area contributed by atoms with Crippen molar-refractivity contribution in [1.82, 2.24) is 15.5 Å². The monoisotopic (exact) mass is 416 g/mol. The third-order valence-corrected chi connectivity index (χ3v) is 5.24. The highest BCUT2D eigenvalue weighted by Gasteiger charge is 2.28. The number of methoxy groups -OCH3 is 1. The van der Waals surface area contributed by atoms with Gasteiger partial charge >= 0.3 is 5.97 Å². The molecule has 1 unspecified atom stereocenters. The van der Waals surface area contributed by atoms with E-state index in [1.807, 2.05) is 30.0 Å². The summed E-state index contributed by atoms with van der Waals surface area (Å²) < 4.78 is 4.65. The van der Waals surface area contributed by atoms with Gasteiger partial charge in [-0.1, -0.05) is 36.8 Å². The number of amides is 1. The van der Waals surface area contributed by atoms with Gasteiger partial charge in [0, 0.05) is 51.5 Å². The molecule has 1 heterocycles. The van der Waals surface area contributed by atoms with E-state index < -0.39 is 0 Å². The highest BCUT2D eigenvalue weighted by molar-refractivity contribution is 5.80. The molecule has 1 saturated heterocycles. The van der Waals surface area contributed by atoms with E-state index in [4.69, 9.17) is 0 Å². The van der Waals surface area contributed by atoms with E-state index in [1.165, 1.54) is 12.7 Å². The average molecular weight is 417 g/mol. The van der Waals surface area contributed by atoms with Crippen LogP contribution < -0.4 is 10.6 Å². The van der Waals surface area contributed by atoms with Crippen molar-refractivity contribution < 1.29 is 14.3 Å². The fraction of sp³-hybridized carbons (Fsp3) is 0.609. The molecule has 2 N–H and O–H groups in total. The SMILES string of the molecule is CCNC(=NCC1CC(=O)N(CCc2ccccc2)C1)NCCCCCC(=O)OC. The molecular weight excluding hydrogens is 380 g/mol. The van der Waals surface area contributed by atoms with Gasteiger partial charge in [0.2, 0.25) is 5.91 Å². The van der Waals surface area contributed by atoms with Crippen molar-refractivity contribution in [2.75, 3.05) is 39.8 Å². The molecule has 0 saturated carbocycles. The summed E-state index contributed by atoms with van der Waals surface area (Å²) in [5.74, 6) is 1.14. The van der Waals surface area contributed by atoms with E-state index in [2.05, 4.69) is 32.5 Å². The molecule has 1 aromatic rings. The second-order valence-electron chi connectivity index (χ2n) is 7.68. The molecule has 0 aliphatic carbocycles. The molecule has 0 aromatic heterocycles. The highest BCUT2D eigenvalue weighted by atomic mass is 16.5. The summed E-state index contributed by atoms with van der Waals surface area (Å²) in [4.78, 5) is 30.1. The number of rotatable bonds is 12. The first-order chi connectivity index (χ1) is 14.6. The van der Waals surface area contributed by atoms with Crippen LogP contribution in [0.4, 0.5) is 0 Å². The number of aliphatic imine (C=N–C) groups is 1. The summed E-state index contributed by atoms with van der Waals surface area (Å²) in [7, 11) is 1.42. The molecule has 1 aliphatic heterocycles. The Hall–Kier alpha value is -2.57. The maximum Gasteiger partial charge on any atom is 0.305 e. The largest absolute Gasteiger partial charge is 0.469 e. The van der Waals surface area contributed by atoms with Crippen molar-refractivity contribution in [2.24, 2.45) is 10.9 Å². The summed E-state index contributed by atoms with van der Waals surface area (Å²) in [6.07, 6.45) is 4.71. The van der Waals surface area contributed by atoms with Crippen molar-refractivity contribution in [2.45, 2.75) is 45.4 Å². The summed E-state index contributed by atoms with van der Waals surface area (Å²) in [6, 6.07) is 10.3. The molecule has 1 fully saturated rings. The fourth-order valence-electron chi connectivity index (χ4n) is 3.54. The Kier molecular flexibility index (Phi) is 10.8. The molecule has 1 amide bonds. The number of hydrogen-bond acceptors (Lipinski definition) is 4. The first-order valence-corrected chi connectivity index (χ1v) is 11.0. The third-order valence-electron chi connectivity index (χ3n) is 5.24. The molecule has 7 heteroatoms. The molecule has 2 rings (SSSR count). The predicted molar refractivity (Wildman–Crippen MR) is 119 cm³/mol. The van der Waals surface area contributed by atoms with E-state index in [0.29, 0.717) is 19.4 Å². The van der Waals surface area contributed by atoms with Crippen LogP contribution >= 0.6 is 0 Å². The Balaban J connectivity index is 1.69. The minimum atomic E-state index is -0.151. The van der Waals surface area contributed by atoms with Gasteiger partial charge in [-0.15, -0.1) is 0 Å². The van der Waals surface area contributed by atoms with Crippen molar-refractivity contribution in [3.05, 3.63) is 35.9 Å². The molecule has 0 radical (unpaired) electrons. The van der Waals surface area contributed by atoms with E-state index in [9.17, 15) is 9.59 Å². The van der Waals surface area contributed by atoms with Crippen LogP contribution in [0, 0.1) is 5.92 Å². The lowest BCUT2D eigenvalue weighted by Crippen LogP contribution is -2.38. The number of hydrogen-bond donors (Lipinski definition) is 2. The minimum absolute atomic E-state index is 0.151. The van der Waals surface area contributed by atoms with Gasteiger partial charge in [-0.05, 0) is 31.7 Å². The van der Waals surface area contributed by atoms with Crippen LogP contribution in [-0.4, -0.2) is 62.6 Å². The maximum absolute atomic E-state index is 12.3. The smallest absolute Gasteiger partial charge is 0.305 e. The number of unbranched alkanes of at least 4 members (excludes halogenated alkanes) is 2. The molecule has 1 aromatic carbocycles. The zero-order valence-corrected chi connectivity index (χ0v) is 18.4. The lowest BCUT2D eigenvalue weighted by atomic mass is 10.1. The van der Waals surface area contributed by atoms with E-state index in [1.54, 1.807) is 0 Å². The maximum atomic E-state index is 12.3. The van der Waals surface area contributed by atoms with E-state index >= 15 is 0 Å². The topological polar surface area (TPSA) is 83.0 Å². The zero-order valence-electron chi connectivity index (χ0n) is 18.4. The standard InChI is InChI=1S/C23H36N4O3/c1-3-24-23(25-14-9-5-8-12-22(29)30-2)26-17-20-16-21(28)27(18-20)15-13-19-10-6-4-7-11-19/h4,6-7,10-11,20H,3,5,8-9,12-18H2,1-2H3,(H2,24,25,26). The van der Waals surface area contributed by atoms with Gasteiger partial charge in [-0.2, -0.15) is 0 Å². The quantitative estimate of drug-likeness (QED) is 0.237. The molecule has 30 heavy (non-hydrogen) atoms. The molecule has 1 aliphatic rings. The van der Waals surface area contributed by atoms with Gasteiger partial charge in [0.15, 0.2) is 5.96 Å². The molecule has 0 spiro atoms. The van der Waals surface area contributed by atoms with E-state index in [-0.39, 0.29) is 17.8 Å². The second-order valence-corrected chi connectivity index (χ2v) is 7.68. The van der Waals surface area contributed by atoms with Crippen LogP contribution in [0.5, 0.6) is 0 Å². The van der Waals surface area contributed by atoms with Crippen LogP contribution in [0.1, 0.15) is 44.6 Å². The summed E-state index contributed by atoms with van der Waals surface area (Å²) in [5.41, 5.74) is 1.26. The Morgan fingerprint density at radius 2 is 2.00 bits per heavy atom. The number of esters is 1. The second kappa shape index (κ2) is 13.6. The number of nitrogens with one attached hydrogen (secondary N) is 2. The number of guanidine groups is 1. The first kappa shape index (κ1) is 23.7. The van der Waals surface area contributed by atoms with Crippen LogP contribution in [0.3, 0.4) is 0 Å². The lowest BCUT2D eigenvalue weighted by molar-refractivity contribution is -0.140. The summed E-state index contributed by atoms with van der Waals surface area (Å²) in [5, 5.41) is 6.60. The Morgan fingerprint density at radius 3 is 2.73 bits per heavy atom. The van der Waals surface area contributed by atoms with Gasteiger partial charge in [0.25, 0.3) is 0 Å². The highest BCUT2D eigenvalue weighted by Crippen LogP contribution is 2.18. The molecule has 7 nitrogen and oxygen atoms in total. The minimum Gasteiger partial charge on any atom is -0.469 e.